The zero-order valence-corrected chi connectivity index (χ0v) is 13.7. The van der Waals surface area contributed by atoms with E-state index in [0.29, 0.717) is 11.5 Å². The van der Waals surface area contributed by atoms with Gasteiger partial charge in [-0.25, -0.2) is 0 Å². The van der Waals surface area contributed by atoms with Gasteiger partial charge >= 0.3 is 0 Å². The fourth-order valence-electron chi connectivity index (χ4n) is 2.19. The smallest absolute Gasteiger partial charge is 0.0320 e. The fourth-order valence-corrected chi connectivity index (χ4v) is 2.61. The van der Waals surface area contributed by atoms with Gasteiger partial charge in [0, 0.05) is 10.5 Å². The lowest BCUT2D eigenvalue weighted by Crippen LogP contribution is -2.21. The van der Waals surface area contributed by atoms with Gasteiger partial charge in [0.15, 0.2) is 0 Å². The van der Waals surface area contributed by atoms with Crippen molar-refractivity contribution in [2.24, 2.45) is 5.41 Å². The Kier molecular flexibility index (Phi) is 6.37. The van der Waals surface area contributed by atoms with Crippen molar-refractivity contribution in [1.82, 2.24) is 5.32 Å². The second-order valence-electron chi connectivity index (χ2n) is 6.12. The Balaban J connectivity index is 2.60. The molecule has 1 aromatic carbocycles. The van der Waals surface area contributed by atoms with Crippen molar-refractivity contribution in [2.75, 3.05) is 6.54 Å². The molecule has 0 amide bonds. The molecule has 0 bridgehead atoms. The van der Waals surface area contributed by atoms with Crippen LogP contribution < -0.4 is 5.32 Å². The van der Waals surface area contributed by atoms with E-state index in [0.717, 1.165) is 6.54 Å². The third-order valence-electron chi connectivity index (χ3n) is 3.12. The normalized spacial score (nSPS) is 13.6. The minimum Gasteiger partial charge on any atom is -0.310 e. The number of nitrogens with one attached hydrogen (secondary N) is 1. The molecule has 0 aliphatic heterocycles. The summed E-state index contributed by atoms with van der Waals surface area (Å²) in [5.74, 6) is 0. The molecule has 0 saturated heterocycles. The van der Waals surface area contributed by atoms with Crippen molar-refractivity contribution >= 4 is 15.9 Å². The Morgan fingerprint density at radius 2 is 2.00 bits per heavy atom. The standard InChI is InChI=1S/C16H26BrN/c1-5-18-15(10-7-11-16(2,3)4)13-8-6-9-14(17)12-13/h6,8-9,12,15,18H,5,7,10-11H2,1-4H3. The molecule has 0 saturated carbocycles. The second-order valence-corrected chi connectivity index (χ2v) is 7.03. The summed E-state index contributed by atoms with van der Waals surface area (Å²) >= 11 is 3.55. The number of benzene rings is 1. The van der Waals surface area contributed by atoms with Crippen LogP contribution in [-0.4, -0.2) is 6.54 Å². The minimum absolute atomic E-state index is 0.439. The number of hydrogen-bond donors (Lipinski definition) is 1. The van der Waals surface area contributed by atoms with E-state index < -0.39 is 0 Å². The van der Waals surface area contributed by atoms with Crippen LogP contribution in [0, 0.1) is 5.41 Å². The summed E-state index contributed by atoms with van der Waals surface area (Å²) < 4.78 is 1.17. The zero-order valence-electron chi connectivity index (χ0n) is 12.1. The molecule has 0 aromatic heterocycles. The summed E-state index contributed by atoms with van der Waals surface area (Å²) in [5.41, 5.74) is 1.83. The Labute approximate surface area is 120 Å². The van der Waals surface area contributed by atoms with E-state index in [-0.39, 0.29) is 0 Å². The maximum atomic E-state index is 3.59. The molecule has 2 heteroatoms. The van der Waals surface area contributed by atoms with Gasteiger partial charge in [-0.2, -0.15) is 0 Å². The topological polar surface area (TPSA) is 12.0 Å². The molecule has 1 aromatic rings. The first-order valence-corrected chi connectivity index (χ1v) is 7.70. The van der Waals surface area contributed by atoms with E-state index in [1.54, 1.807) is 0 Å². The lowest BCUT2D eigenvalue weighted by atomic mass is 9.88. The van der Waals surface area contributed by atoms with Gasteiger partial charge in [0.05, 0.1) is 0 Å². The maximum Gasteiger partial charge on any atom is 0.0320 e. The van der Waals surface area contributed by atoms with Gasteiger partial charge in [-0.05, 0) is 42.5 Å². The second kappa shape index (κ2) is 7.30. The maximum absolute atomic E-state index is 3.59. The van der Waals surface area contributed by atoms with Gasteiger partial charge in [0.25, 0.3) is 0 Å². The molecular weight excluding hydrogens is 286 g/mol. The third kappa shape index (κ3) is 6.01. The van der Waals surface area contributed by atoms with Gasteiger partial charge in [-0.1, -0.05) is 62.2 Å². The average molecular weight is 312 g/mol. The molecular formula is C16H26BrN. The highest BCUT2D eigenvalue weighted by molar-refractivity contribution is 9.10. The first-order valence-electron chi connectivity index (χ1n) is 6.91. The summed E-state index contributed by atoms with van der Waals surface area (Å²) in [6.45, 7) is 10.1. The Hall–Kier alpha value is -0.340. The number of rotatable bonds is 6. The van der Waals surface area contributed by atoms with Gasteiger partial charge in [0.1, 0.15) is 0 Å². The lowest BCUT2D eigenvalue weighted by Gasteiger charge is -2.22. The van der Waals surface area contributed by atoms with Crippen molar-refractivity contribution in [1.29, 1.82) is 0 Å². The van der Waals surface area contributed by atoms with Crippen LogP contribution >= 0.6 is 15.9 Å². The molecule has 0 radical (unpaired) electrons. The highest BCUT2D eigenvalue weighted by Gasteiger charge is 2.14. The Bertz CT molecular complexity index is 354. The van der Waals surface area contributed by atoms with Crippen LogP contribution in [0.25, 0.3) is 0 Å². The molecule has 1 nitrogen and oxygen atoms in total. The summed E-state index contributed by atoms with van der Waals surface area (Å²) in [6.07, 6.45) is 3.76. The van der Waals surface area contributed by atoms with Crippen molar-refractivity contribution in [3.05, 3.63) is 34.3 Å². The predicted octanol–water partition coefficient (Wildman–Crippen LogP) is 5.32. The largest absolute Gasteiger partial charge is 0.310 e. The average Bonchev–Trinajstić information content (AvgIpc) is 2.26. The predicted molar refractivity (Wildman–Crippen MR) is 83.9 cm³/mol. The van der Waals surface area contributed by atoms with E-state index in [1.807, 2.05) is 0 Å². The van der Waals surface area contributed by atoms with Crippen molar-refractivity contribution in [2.45, 2.75) is 53.0 Å². The van der Waals surface area contributed by atoms with Crippen LogP contribution in [0.15, 0.2) is 28.7 Å². The molecule has 0 fully saturated rings. The fraction of sp³-hybridized carbons (Fsp3) is 0.625. The lowest BCUT2D eigenvalue weighted by molar-refractivity contribution is 0.344. The van der Waals surface area contributed by atoms with Gasteiger partial charge in [-0.15, -0.1) is 0 Å². The first-order chi connectivity index (χ1) is 8.42. The molecule has 0 spiro atoms. The molecule has 0 aliphatic carbocycles. The third-order valence-corrected chi connectivity index (χ3v) is 3.61. The van der Waals surface area contributed by atoms with Crippen molar-refractivity contribution < 1.29 is 0 Å². The molecule has 1 atom stereocenters. The van der Waals surface area contributed by atoms with Crippen LogP contribution in [0.1, 0.15) is 58.6 Å². The molecule has 18 heavy (non-hydrogen) atoms. The zero-order chi connectivity index (χ0) is 13.6. The van der Waals surface area contributed by atoms with Crippen LogP contribution in [0.5, 0.6) is 0 Å². The summed E-state index contributed by atoms with van der Waals surface area (Å²) in [7, 11) is 0. The van der Waals surface area contributed by atoms with E-state index in [1.165, 1.54) is 29.3 Å². The number of hydrogen-bond acceptors (Lipinski definition) is 1. The minimum atomic E-state index is 0.439. The highest BCUT2D eigenvalue weighted by Crippen LogP contribution is 2.27. The summed E-state index contributed by atoms with van der Waals surface area (Å²) in [4.78, 5) is 0. The van der Waals surface area contributed by atoms with E-state index >= 15 is 0 Å². The van der Waals surface area contributed by atoms with E-state index in [4.69, 9.17) is 0 Å². The highest BCUT2D eigenvalue weighted by atomic mass is 79.9. The van der Waals surface area contributed by atoms with Crippen LogP contribution in [-0.2, 0) is 0 Å². The van der Waals surface area contributed by atoms with Gasteiger partial charge in [0.2, 0.25) is 0 Å². The van der Waals surface area contributed by atoms with Crippen LogP contribution in [0.2, 0.25) is 0 Å². The number of halogens is 1. The Morgan fingerprint density at radius 3 is 2.56 bits per heavy atom. The van der Waals surface area contributed by atoms with Crippen molar-refractivity contribution in [3.63, 3.8) is 0 Å². The molecule has 102 valence electrons. The first kappa shape index (κ1) is 15.7. The van der Waals surface area contributed by atoms with Crippen LogP contribution in [0.4, 0.5) is 0 Å². The molecule has 1 rings (SSSR count). The molecule has 0 aliphatic rings. The van der Waals surface area contributed by atoms with E-state index in [2.05, 4.69) is 73.2 Å². The van der Waals surface area contributed by atoms with Gasteiger partial charge in [-0.3, -0.25) is 0 Å². The monoisotopic (exact) mass is 311 g/mol. The summed E-state index contributed by atoms with van der Waals surface area (Å²) in [6, 6.07) is 9.13. The quantitative estimate of drug-likeness (QED) is 0.750. The van der Waals surface area contributed by atoms with E-state index in [9.17, 15) is 0 Å². The summed E-state index contributed by atoms with van der Waals surface area (Å²) in [5, 5.41) is 3.59. The molecule has 1 N–H and O–H groups in total. The Morgan fingerprint density at radius 1 is 1.28 bits per heavy atom. The SMILES string of the molecule is CCNC(CCCC(C)(C)C)c1cccc(Br)c1. The van der Waals surface area contributed by atoms with Crippen LogP contribution in [0.3, 0.4) is 0 Å². The molecule has 1 unspecified atom stereocenters. The van der Waals surface area contributed by atoms with Gasteiger partial charge < -0.3 is 5.32 Å². The molecule has 0 heterocycles. The van der Waals surface area contributed by atoms with Crippen molar-refractivity contribution in [3.8, 4) is 0 Å².